The highest BCUT2D eigenvalue weighted by atomic mass is 79.9. The van der Waals surface area contributed by atoms with E-state index >= 15 is 0 Å². The van der Waals surface area contributed by atoms with Crippen LogP contribution in [0.1, 0.15) is 21.9 Å². The largest absolute Gasteiger partial charge is 0.493 e. The number of benzene rings is 1. The van der Waals surface area contributed by atoms with Crippen LogP contribution in [0.2, 0.25) is 0 Å². The molecule has 3 amide bonds. The van der Waals surface area contributed by atoms with E-state index in [2.05, 4.69) is 48.5 Å². The zero-order valence-electron chi connectivity index (χ0n) is 17.1. The van der Waals surface area contributed by atoms with E-state index < -0.39 is 17.9 Å². The first-order chi connectivity index (χ1) is 15.3. The summed E-state index contributed by atoms with van der Waals surface area (Å²) in [6.45, 7) is 3.74. The smallest absolute Gasteiger partial charge is 0.373 e. The second-order valence-electron chi connectivity index (χ2n) is 6.36. The summed E-state index contributed by atoms with van der Waals surface area (Å²) in [5.74, 6) is -0.0919. The molecule has 0 spiro atoms. The van der Waals surface area contributed by atoms with Crippen LogP contribution in [0.15, 0.2) is 49.9 Å². The Hall–Kier alpha value is -3.05. The summed E-state index contributed by atoms with van der Waals surface area (Å²) >= 11 is 6.93. The summed E-state index contributed by atoms with van der Waals surface area (Å²) in [6.07, 6.45) is 3.11. The van der Waals surface area contributed by atoms with E-state index in [9.17, 15) is 14.4 Å². The van der Waals surface area contributed by atoms with E-state index in [1.54, 1.807) is 12.1 Å². The minimum Gasteiger partial charge on any atom is -0.493 e. The van der Waals surface area contributed by atoms with Crippen molar-refractivity contribution in [3.63, 3.8) is 0 Å². The Labute approximate surface area is 200 Å². The maximum atomic E-state index is 12.8. The summed E-state index contributed by atoms with van der Waals surface area (Å²) in [6, 6.07) is 3.95. The number of carbonyl (C=O) groups is 3. The second-order valence-corrected chi connectivity index (χ2v) is 7.95. The second kappa shape index (κ2) is 10.0. The van der Waals surface area contributed by atoms with Crippen LogP contribution in [0, 0.1) is 0 Å². The van der Waals surface area contributed by atoms with E-state index in [0.29, 0.717) is 26.0 Å². The summed E-state index contributed by atoms with van der Waals surface area (Å²) in [5, 5.41) is 2.54. The van der Waals surface area contributed by atoms with Gasteiger partial charge in [-0.1, -0.05) is 12.7 Å². The molecule has 1 aliphatic heterocycles. The van der Waals surface area contributed by atoms with Gasteiger partial charge in [0.2, 0.25) is 5.76 Å². The molecule has 1 fully saturated rings. The molecule has 0 unspecified atom stereocenters. The zero-order chi connectivity index (χ0) is 23.4. The number of nitrogens with one attached hydrogen (secondary N) is 1. The fourth-order valence-corrected chi connectivity index (χ4v) is 3.79. The van der Waals surface area contributed by atoms with Gasteiger partial charge in [-0.2, -0.15) is 0 Å². The first kappa shape index (κ1) is 23.6. The van der Waals surface area contributed by atoms with Gasteiger partial charge in [-0.05, 0) is 61.7 Å². The molecular formula is C21H18Br2N2O7. The van der Waals surface area contributed by atoms with Crippen LogP contribution in [0.4, 0.5) is 4.79 Å². The number of nitrogens with zero attached hydrogens (tertiary/aromatic N) is 1. The van der Waals surface area contributed by atoms with Crippen LogP contribution in [-0.2, 0) is 16.1 Å². The van der Waals surface area contributed by atoms with Crippen molar-refractivity contribution in [2.24, 2.45) is 0 Å². The van der Waals surface area contributed by atoms with Gasteiger partial charge in [-0.25, -0.2) is 9.59 Å². The van der Waals surface area contributed by atoms with Crippen molar-refractivity contribution in [1.82, 2.24) is 10.2 Å². The molecule has 1 saturated heterocycles. The van der Waals surface area contributed by atoms with E-state index in [0.717, 1.165) is 4.90 Å². The molecule has 2 heterocycles. The van der Waals surface area contributed by atoms with E-state index in [1.807, 2.05) is 0 Å². The highest BCUT2D eigenvalue weighted by Gasteiger charge is 2.34. The highest BCUT2D eigenvalue weighted by molar-refractivity contribution is 9.13. The Morgan fingerprint density at radius 1 is 1.25 bits per heavy atom. The van der Waals surface area contributed by atoms with Crippen molar-refractivity contribution in [3.05, 3.63) is 62.6 Å². The van der Waals surface area contributed by atoms with Gasteiger partial charge in [-0.15, -0.1) is 0 Å². The predicted octanol–water partition coefficient (Wildman–Crippen LogP) is 4.26. The van der Waals surface area contributed by atoms with Gasteiger partial charge >= 0.3 is 12.0 Å². The molecule has 1 aliphatic rings. The van der Waals surface area contributed by atoms with Crippen molar-refractivity contribution < 1.29 is 33.0 Å². The molecule has 0 bridgehead atoms. The quantitative estimate of drug-likeness (QED) is 0.219. The summed E-state index contributed by atoms with van der Waals surface area (Å²) in [5.41, 5.74) is 0.625. The molecule has 1 N–H and O–H groups in total. The lowest BCUT2D eigenvalue weighted by atomic mass is 10.1. The molecule has 9 nitrogen and oxygen atoms in total. The van der Waals surface area contributed by atoms with Gasteiger partial charge in [0.15, 0.2) is 11.5 Å². The molecule has 2 aromatic rings. The van der Waals surface area contributed by atoms with Crippen molar-refractivity contribution >= 4 is 55.8 Å². The Bertz CT molecular complexity index is 1120. The molecule has 0 saturated carbocycles. The van der Waals surface area contributed by atoms with Crippen LogP contribution in [-0.4, -0.2) is 43.6 Å². The number of hydrogen-bond acceptors (Lipinski definition) is 7. The number of ether oxygens (including phenoxy) is 3. The van der Waals surface area contributed by atoms with Gasteiger partial charge in [0, 0.05) is 4.47 Å². The number of imide groups is 1. The van der Waals surface area contributed by atoms with Gasteiger partial charge in [0.1, 0.15) is 18.1 Å². The maximum absolute atomic E-state index is 12.8. The normalized spacial score (nSPS) is 14.5. The first-order valence-corrected chi connectivity index (χ1v) is 10.7. The molecular weight excluding hydrogens is 552 g/mol. The highest BCUT2D eigenvalue weighted by Crippen LogP contribution is 2.43. The summed E-state index contributed by atoms with van der Waals surface area (Å²) in [7, 11) is 2.71. The van der Waals surface area contributed by atoms with Crippen LogP contribution >= 0.6 is 31.9 Å². The average Bonchev–Trinajstić information content (AvgIpc) is 3.36. The number of carbonyl (C=O) groups excluding carboxylic acids is 3. The third-order valence-corrected chi connectivity index (χ3v) is 6.49. The van der Waals surface area contributed by atoms with Gasteiger partial charge in [0.25, 0.3) is 5.91 Å². The number of rotatable bonds is 8. The molecule has 3 rings (SSSR count). The molecule has 0 atom stereocenters. The molecule has 1 aromatic heterocycles. The molecule has 168 valence electrons. The Morgan fingerprint density at radius 3 is 2.66 bits per heavy atom. The van der Waals surface area contributed by atoms with Crippen molar-refractivity contribution in [2.45, 2.75) is 6.54 Å². The number of methoxy groups -OCH3 is 2. The SMILES string of the molecule is C=CCOc1c(OC)cc(/C=C2\NC(=O)N(Cc3ccc(C(=O)OC)o3)C2=O)c(Br)c1Br. The minimum absolute atomic E-state index is 0.0232. The van der Waals surface area contributed by atoms with Crippen LogP contribution in [0.5, 0.6) is 11.5 Å². The monoisotopic (exact) mass is 568 g/mol. The number of hydrogen-bond donors (Lipinski definition) is 1. The maximum Gasteiger partial charge on any atom is 0.373 e. The topological polar surface area (TPSA) is 107 Å². The van der Waals surface area contributed by atoms with Crippen LogP contribution in [0.25, 0.3) is 6.08 Å². The van der Waals surface area contributed by atoms with Crippen molar-refractivity contribution in [3.8, 4) is 11.5 Å². The average molecular weight is 570 g/mol. The van der Waals surface area contributed by atoms with Gasteiger partial charge in [0.05, 0.1) is 25.2 Å². The van der Waals surface area contributed by atoms with Crippen molar-refractivity contribution in [1.29, 1.82) is 0 Å². The summed E-state index contributed by atoms with van der Waals surface area (Å²) in [4.78, 5) is 37.7. The molecule has 0 radical (unpaired) electrons. The first-order valence-electron chi connectivity index (χ1n) is 9.12. The Kier molecular flexibility index (Phi) is 7.41. The fraction of sp³-hybridized carbons (Fsp3) is 0.190. The molecule has 0 aliphatic carbocycles. The third-order valence-electron chi connectivity index (χ3n) is 4.35. The number of halogens is 2. The summed E-state index contributed by atoms with van der Waals surface area (Å²) < 4.78 is 22.1. The Balaban J connectivity index is 1.87. The fourth-order valence-electron chi connectivity index (χ4n) is 2.84. The number of amides is 3. The lowest BCUT2D eigenvalue weighted by Gasteiger charge is -2.14. The minimum atomic E-state index is -0.654. The molecule has 32 heavy (non-hydrogen) atoms. The van der Waals surface area contributed by atoms with E-state index in [-0.39, 0.29) is 30.4 Å². The van der Waals surface area contributed by atoms with Gasteiger partial charge < -0.3 is 23.9 Å². The molecule has 1 aromatic carbocycles. The molecule has 11 heteroatoms. The van der Waals surface area contributed by atoms with Crippen LogP contribution < -0.4 is 14.8 Å². The third kappa shape index (κ3) is 4.73. The predicted molar refractivity (Wildman–Crippen MR) is 121 cm³/mol. The number of furan rings is 1. The van der Waals surface area contributed by atoms with Crippen molar-refractivity contribution in [2.75, 3.05) is 20.8 Å². The number of urea groups is 1. The lowest BCUT2D eigenvalue weighted by molar-refractivity contribution is -0.123. The lowest BCUT2D eigenvalue weighted by Crippen LogP contribution is -2.30. The van der Waals surface area contributed by atoms with E-state index in [4.69, 9.17) is 13.9 Å². The zero-order valence-corrected chi connectivity index (χ0v) is 20.2. The van der Waals surface area contributed by atoms with Crippen LogP contribution in [0.3, 0.4) is 0 Å². The van der Waals surface area contributed by atoms with E-state index in [1.165, 1.54) is 32.4 Å². The standard InChI is InChI=1S/C21H18Br2N2O7/c1-4-7-31-18-15(29-2)9-11(16(22)17(18)23)8-13-19(26)25(21(28)24-13)10-12-5-6-14(32-12)20(27)30-3/h4-6,8-9H,1,7,10H2,2-3H3,(H,24,28)/b13-8-. The number of esters is 1. The van der Waals surface area contributed by atoms with Gasteiger partial charge in [-0.3, -0.25) is 9.69 Å². The Morgan fingerprint density at radius 2 is 2.00 bits per heavy atom.